The molecule has 7 heteroatoms. The summed E-state index contributed by atoms with van der Waals surface area (Å²) in [5, 5.41) is 2.49. The van der Waals surface area contributed by atoms with Crippen molar-refractivity contribution in [3.05, 3.63) is 34.6 Å². The van der Waals surface area contributed by atoms with E-state index in [1.807, 2.05) is 6.92 Å². The number of nitrogens with two attached hydrogens (primary N) is 1. The van der Waals surface area contributed by atoms with Gasteiger partial charge in [0.2, 0.25) is 0 Å². The zero-order chi connectivity index (χ0) is 15.8. The monoisotopic (exact) mass is 316 g/mol. The molecule has 0 saturated carbocycles. The summed E-state index contributed by atoms with van der Waals surface area (Å²) in [6, 6.07) is 4.52. The van der Waals surface area contributed by atoms with E-state index in [2.05, 4.69) is 5.32 Å². The molecule has 1 unspecified atom stereocenters. The van der Waals surface area contributed by atoms with Gasteiger partial charge in [0.1, 0.15) is 5.82 Å². The number of nitrogens with one attached hydrogen (secondary N) is 1. The van der Waals surface area contributed by atoms with Crippen molar-refractivity contribution in [3.63, 3.8) is 0 Å². The summed E-state index contributed by atoms with van der Waals surface area (Å²) in [5.41, 5.74) is 5.19. The quantitative estimate of drug-likeness (QED) is 0.811. The molecule has 0 heterocycles. The first-order valence-corrected chi connectivity index (χ1v) is 7.00. The Hall–Kier alpha value is -1.82. The van der Waals surface area contributed by atoms with Crippen LogP contribution in [0.15, 0.2) is 18.2 Å². The molecule has 1 rings (SSSR count). The van der Waals surface area contributed by atoms with Gasteiger partial charge in [-0.25, -0.2) is 9.18 Å². The molecular formula is C14H18ClFN2O3. The summed E-state index contributed by atoms with van der Waals surface area (Å²) in [4.78, 5) is 22.7. The van der Waals surface area contributed by atoms with Crippen molar-refractivity contribution in [2.24, 2.45) is 5.73 Å². The number of hydrogen-bond acceptors (Lipinski definition) is 3. The zero-order valence-corrected chi connectivity index (χ0v) is 12.5. The highest BCUT2D eigenvalue weighted by molar-refractivity contribution is 6.30. The Bertz CT molecular complexity index is 511. The van der Waals surface area contributed by atoms with Crippen LogP contribution in [0.2, 0.25) is 5.02 Å². The van der Waals surface area contributed by atoms with Crippen LogP contribution in [-0.4, -0.2) is 18.1 Å². The number of primary amides is 1. The molecule has 1 atom stereocenters. The predicted molar refractivity (Wildman–Crippen MR) is 77.2 cm³/mol. The van der Waals surface area contributed by atoms with Crippen molar-refractivity contribution < 1.29 is 18.7 Å². The number of carbonyl (C=O) groups excluding carboxylic acids is 2. The first-order valence-electron chi connectivity index (χ1n) is 6.62. The molecule has 0 saturated heterocycles. The highest BCUT2D eigenvalue weighted by Gasteiger charge is 2.21. The maximum atomic E-state index is 13.7. The van der Waals surface area contributed by atoms with Crippen LogP contribution in [0, 0.1) is 5.82 Å². The lowest BCUT2D eigenvalue weighted by Crippen LogP contribution is -2.38. The summed E-state index contributed by atoms with van der Waals surface area (Å²) in [5.74, 6) is -1.10. The zero-order valence-electron chi connectivity index (χ0n) is 11.7. The molecule has 0 spiro atoms. The molecule has 0 bridgehead atoms. The molecule has 0 aliphatic rings. The molecule has 3 N–H and O–H groups in total. The second-order valence-corrected chi connectivity index (χ2v) is 4.91. The summed E-state index contributed by atoms with van der Waals surface area (Å²) >= 11 is 5.66. The van der Waals surface area contributed by atoms with Gasteiger partial charge in [0.05, 0.1) is 5.02 Å². The third kappa shape index (κ3) is 5.59. The van der Waals surface area contributed by atoms with Crippen molar-refractivity contribution in [2.45, 2.75) is 38.8 Å². The van der Waals surface area contributed by atoms with Gasteiger partial charge < -0.3 is 15.8 Å². The van der Waals surface area contributed by atoms with Crippen LogP contribution in [0.25, 0.3) is 0 Å². The molecule has 0 radical (unpaired) electrons. The van der Waals surface area contributed by atoms with Crippen molar-refractivity contribution in [2.75, 3.05) is 0 Å². The van der Waals surface area contributed by atoms with Crippen LogP contribution >= 0.6 is 11.6 Å². The third-order valence-corrected chi connectivity index (χ3v) is 3.15. The lowest BCUT2D eigenvalue weighted by Gasteiger charge is -2.16. The molecule has 2 amide bonds. The first-order chi connectivity index (χ1) is 9.95. The van der Waals surface area contributed by atoms with Crippen molar-refractivity contribution in [3.8, 4) is 0 Å². The third-order valence-electron chi connectivity index (χ3n) is 2.86. The van der Waals surface area contributed by atoms with Crippen molar-refractivity contribution in [1.29, 1.82) is 0 Å². The van der Waals surface area contributed by atoms with Crippen LogP contribution in [0.3, 0.4) is 0 Å². The topological polar surface area (TPSA) is 81.4 Å². The summed E-state index contributed by atoms with van der Waals surface area (Å²) < 4.78 is 18.4. The molecule has 0 aliphatic carbocycles. The van der Waals surface area contributed by atoms with Gasteiger partial charge in [-0.15, -0.1) is 0 Å². The van der Waals surface area contributed by atoms with Crippen LogP contribution in [0.1, 0.15) is 31.7 Å². The van der Waals surface area contributed by atoms with Crippen LogP contribution < -0.4 is 11.1 Å². The predicted octanol–water partition coefficient (Wildman–Crippen LogP) is 2.75. The molecule has 21 heavy (non-hydrogen) atoms. The fraction of sp³-hybridized carbons (Fsp3) is 0.429. The van der Waals surface area contributed by atoms with Gasteiger partial charge in [-0.3, -0.25) is 4.79 Å². The average Bonchev–Trinajstić information content (AvgIpc) is 2.44. The minimum Gasteiger partial charge on any atom is -0.436 e. The van der Waals surface area contributed by atoms with Gasteiger partial charge in [-0.2, -0.15) is 0 Å². The summed E-state index contributed by atoms with van der Waals surface area (Å²) in [6.07, 6.45) is -0.0699. The van der Waals surface area contributed by atoms with Crippen LogP contribution in [0.5, 0.6) is 0 Å². The Morgan fingerprint density at radius 2 is 2.19 bits per heavy atom. The van der Waals surface area contributed by atoms with E-state index in [4.69, 9.17) is 22.1 Å². The van der Waals surface area contributed by atoms with Gasteiger partial charge in [0.15, 0.2) is 6.10 Å². The fourth-order valence-electron chi connectivity index (χ4n) is 1.75. The van der Waals surface area contributed by atoms with Gasteiger partial charge in [-0.05, 0) is 18.9 Å². The molecule has 1 aromatic rings. The second kappa shape index (κ2) is 8.46. The fourth-order valence-corrected chi connectivity index (χ4v) is 1.95. The minimum atomic E-state index is -1.01. The smallest absolute Gasteiger partial charge is 0.405 e. The number of hydrogen-bond donors (Lipinski definition) is 2. The number of ether oxygens (including phenoxy) is 1. The van der Waals surface area contributed by atoms with Crippen molar-refractivity contribution >= 4 is 23.6 Å². The Morgan fingerprint density at radius 1 is 1.48 bits per heavy atom. The molecule has 5 nitrogen and oxygen atoms in total. The average molecular weight is 317 g/mol. The number of rotatable bonds is 7. The largest absolute Gasteiger partial charge is 0.436 e. The number of carbonyl (C=O) groups is 2. The van der Waals surface area contributed by atoms with E-state index in [1.54, 1.807) is 6.07 Å². The van der Waals surface area contributed by atoms with E-state index in [9.17, 15) is 14.0 Å². The molecule has 1 aromatic carbocycles. The molecule has 0 aromatic heterocycles. The number of halogens is 2. The number of benzene rings is 1. The number of amides is 2. The second-order valence-electron chi connectivity index (χ2n) is 4.50. The molecule has 0 aliphatic heterocycles. The SMILES string of the molecule is CCCCC(OC(N)=O)C(=O)NCc1cccc(Cl)c1F. The van der Waals surface area contributed by atoms with Crippen LogP contribution in [0.4, 0.5) is 9.18 Å². The number of unbranched alkanes of at least 4 members (excludes halogenated alkanes) is 1. The highest BCUT2D eigenvalue weighted by Crippen LogP contribution is 2.17. The van der Waals surface area contributed by atoms with Gasteiger partial charge in [-0.1, -0.05) is 37.1 Å². The first kappa shape index (κ1) is 17.2. The van der Waals surface area contributed by atoms with Crippen molar-refractivity contribution in [1.82, 2.24) is 5.32 Å². The molecule has 0 fully saturated rings. The van der Waals surface area contributed by atoms with Gasteiger partial charge in [0, 0.05) is 12.1 Å². The minimum absolute atomic E-state index is 0.0160. The van der Waals surface area contributed by atoms with E-state index in [0.717, 1.165) is 6.42 Å². The van der Waals surface area contributed by atoms with Crippen LogP contribution in [-0.2, 0) is 16.1 Å². The van der Waals surface area contributed by atoms with Gasteiger partial charge >= 0.3 is 6.09 Å². The Kier molecular flexibility index (Phi) is 6.94. The normalized spacial score (nSPS) is 11.8. The highest BCUT2D eigenvalue weighted by atomic mass is 35.5. The Balaban J connectivity index is 2.64. The lowest BCUT2D eigenvalue weighted by molar-refractivity contribution is -0.130. The molecule has 116 valence electrons. The van der Waals surface area contributed by atoms with E-state index in [0.29, 0.717) is 12.8 Å². The maximum absolute atomic E-state index is 13.7. The van der Waals surface area contributed by atoms with E-state index in [1.165, 1.54) is 12.1 Å². The van der Waals surface area contributed by atoms with E-state index >= 15 is 0 Å². The van der Waals surface area contributed by atoms with Gasteiger partial charge in [0.25, 0.3) is 5.91 Å². The van der Waals surface area contributed by atoms with E-state index < -0.39 is 23.9 Å². The summed E-state index contributed by atoms with van der Waals surface area (Å²) in [6.45, 7) is 1.90. The molecular weight excluding hydrogens is 299 g/mol. The van der Waals surface area contributed by atoms with E-state index in [-0.39, 0.29) is 17.1 Å². The standard InChI is InChI=1S/C14H18ClFN2O3/c1-2-3-7-11(21-14(17)20)13(19)18-8-9-5-4-6-10(15)12(9)16/h4-6,11H,2-3,7-8H2,1H3,(H2,17,20)(H,18,19). The Labute approximate surface area is 127 Å². The summed E-state index contributed by atoms with van der Waals surface area (Å²) in [7, 11) is 0. The Morgan fingerprint density at radius 3 is 2.81 bits per heavy atom. The lowest BCUT2D eigenvalue weighted by atomic mass is 10.1. The maximum Gasteiger partial charge on any atom is 0.405 e.